The van der Waals surface area contributed by atoms with Crippen molar-refractivity contribution in [3.63, 3.8) is 0 Å². The maximum Gasteiger partial charge on any atom is 0.197 e. The van der Waals surface area contributed by atoms with Crippen LogP contribution >= 0.6 is 11.6 Å². The zero-order valence-electron chi connectivity index (χ0n) is 14.8. The van der Waals surface area contributed by atoms with E-state index in [-0.39, 0.29) is 6.61 Å². The molecule has 0 aliphatic carbocycles. The number of anilines is 1. The average Bonchev–Trinajstić information content (AvgIpc) is 3.06. The predicted molar refractivity (Wildman–Crippen MR) is 103 cm³/mol. The van der Waals surface area contributed by atoms with Crippen LogP contribution in [-0.2, 0) is 0 Å². The van der Waals surface area contributed by atoms with Gasteiger partial charge in [-0.05, 0) is 44.7 Å². The van der Waals surface area contributed by atoms with Crippen LogP contribution in [0.5, 0.6) is 0 Å². The van der Waals surface area contributed by atoms with Crippen molar-refractivity contribution in [1.82, 2.24) is 19.6 Å². The summed E-state index contributed by atoms with van der Waals surface area (Å²) in [6.45, 7) is 3.02. The van der Waals surface area contributed by atoms with E-state index in [1.165, 1.54) is 6.42 Å². The van der Waals surface area contributed by atoms with Gasteiger partial charge in [0.25, 0.3) is 0 Å². The lowest BCUT2D eigenvalue weighted by atomic mass is 10.00. The van der Waals surface area contributed by atoms with Gasteiger partial charge >= 0.3 is 0 Å². The molecule has 0 radical (unpaired) electrons. The lowest BCUT2D eigenvalue weighted by Gasteiger charge is -2.36. The van der Waals surface area contributed by atoms with Gasteiger partial charge in [0.15, 0.2) is 11.5 Å². The highest BCUT2D eigenvalue weighted by Crippen LogP contribution is 2.30. The van der Waals surface area contributed by atoms with Crippen molar-refractivity contribution < 1.29 is 5.11 Å². The molecule has 3 heterocycles. The Bertz CT molecular complexity index is 906. The Morgan fingerprint density at radius 1 is 1.19 bits per heavy atom. The molecule has 3 aromatic rings. The number of aliphatic hydroxyl groups is 1. The maximum absolute atomic E-state index is 9.44. The number of halogens is 1. The molecule has 0 saturated carbocycles. The number of aromatic nitrogens is 4. The second kappa shape index (κ2) is 7.21. The summed E-state index contributed by atoms with van der Waals surface area (Å²) >= 11 is 6.00. The van der Waals surface area contributed by atoms with Crippen LogP contribution in [0.15, 0.2) is 30.5 Å². The molecule has 0 spiro atoms. The quantitative estimate of drug-likeness (QED) is 0.760. The van der Waals surface area contributed by atoms with Crippen LogP contribution in [0.2, 0.25) is 5.02 Å². The highest BCUT2D eigenvalue weighted by molar-refractivity contribution is 6.30. The normalized spacial score (nSPS) is 17.8. The number of rotatable bonds is 4. The van der Waals surface area contributed by atoms with Crippen LogP contribution < -0.4 is 4.90 Å². The minimum absolute atomic E-state index is 0.186. The van der Waals surface area contributed by atoms with Crippen molar-refractivity contribution >= 4 is 23.1 Å². The molecule has 1 aromatic carbocycles. The standard InChI is InChI=1S/C19H22ClN5O/c1-13-21-18(24-10-3-2-4-16(24)9-11-26)19-22-17(12-25(19)23-13)14-5-7-15(20)8-6-14/h5-8,12,16,26H,2-4,9-11H2,1H3. The van der Waals surface area contributed by atoms with Gasteiger partial charge in [0.05, 0.1) is 11.9 Å². The minimum Gasteiger partial charge on any atom is -0.396 e. The molecule has 1 unspecified atom stereocenters. The fraction of sp³-hybridized carbons (Fsp3) is 0.421. The number of aliphatic hydroxyl groups excluding tert-OH is 1. The summed E-state index contributed by atoms with van der Waals surface area (Å²) in [7, 11) is 0. The van der Waals surface area contributed by atoms with Gasteiger partial charge in [0.1, 0.15) is 5.82 Å². The fourth-order valence-electron chi connectivity index (χ4n) is 3.66. The third kappa shape index (κ3) is 3.27. The molecule has 1 aliphatic rings. The number of aryl methyl sites for hydroxylation is 1. The molecule has 6 nitrogen and oxygen atoms in total. The van der Waals surface area contributed by atoms with E-state index in [0.717, 1.165) is 48.5 Å². The molecular formula is C19H22ClN5O. The van der Waals surface area contributed by atoms with Crippen molar-refractivity contribution in [2.45, 2.75) is 38.6 Å². The van der Waals surface area contributed by atoms with Gasteiger partial charge in [-0.3, -0.25) is 0 Å². The lowest BCUT2D eigenvalue weighted by molar-refractivity contribution is 0.262. The summed E-state index contributed by atoms with van der Waals surface area (Å²) < 4.78 is 1.81. The number of benzene rings is 1. The molecule has 0 amide bonds. The first-order valence-electron chi connectivity index (χ1n) is 9.03. The third-order valence-electron chi connectivity index (χ3n) is 4.91. The molecule has 1 atom stereocenters. The van der Waals surface area contributed by atoms with Gasteiger partial charge < -0.3 is 10.0 Å². The van der Waals surface area contributed by atoms with Crippen LogP contribution in [0, 0.1) is 6.92 Å². The molecule has 1 N–H and O–H groups in total. The predicted octanol–water partition coefficient (Wildman–Crippen LogP) is 3.49. The van der Waals surface area contributed by atoms with E-state index in [4.69, 9.17) is 21.6 Å². The summed E-state index contributed by atoms with van der Waals surface area (Å²) in [5.41, 5.74) is 2.60. The summed E-state index contributed by atoms with van der Waals surface area (Å²) in [6, 6.07) is 7.93. The van der Waals surface area contributed by atoms with Crippen molar-refractivity contribution in [2.75, 3.05) is 18.1 Å². The van der Waals surface area contributed by atoms with E-state index >= 15 is 0 Å². The molecule has 1 saturated heterocycles. The van der Waals surface area contributed by atoms with E-state index in [9.17, 15) is 5.11 Å². The summed E-state index contributed by atoms with van der Waals surface area (Å²) in [6.07, 6.45) is 6.07. The Labute approximate surface area is 157 Å². The van der Waals surface area contributed by atoms with Crippen molar-refractivity contribution in [2.24, 2.45) is 0 Å². The first-order chi connectivity index (χ1) is 12.7. The molecule has 7 heteroatoms. The van der Waals surface area contributed by atoms with Crippen LogP contribution in [0.3, 0.4) is 0 Å². The summed E-state index contributed by atoms with van der Waals surface area (Å²) in [4.78, 5) is 11.8. The number of fused-ring (bicyclic) bond motifs is 1. The Morgan fingerprint density at radius 2 is 2.00 bits per heavy atom. The van der Waals surface area contributed by atoms with Gasteiger partial charge in [-0.2, -0.15) is 5.10 Å². The fourth-order valence-corrected chi connectivity index (χ4v) is 3.79. The Kier molecular flexibility index (Phi) is 4.78. The minimum atomic E-state index is 0.186. The van der Waals surface area contributed by atoms with Crippen LogP contribution in [0.1, 0.15) is 31.5 Å². The van der Waals surface area contributed by atoms with E-state index < -0.39 is 0 Å². The Hall–Kier alpha value is -2.18. The SMILES string of the molecule is Cc1nc(N2CCCCC2CCO)c2nc(-c3ccc(Cl)cc3)cn2n1. The Balaban J connectivity index is 1.80. The average molecular weight is 372 g/mol. The lowest BCUT2D eigenvalue weighted by Crippen LogP contribution is -2.41. The topological polar surface area (TPSA) is 66.5 Å². The summed E-state index contributed by atoms with van der Waals surface area (Å²) in [5.74, 6) is 1.57. The first kappa shape index (κ1) is 17.2. The molecule has 26 heavy (non-hydrogen) atoms. The number of hydrogen-bond donors (Lipinski definition) is 1. The summed E-state index contributed by atoms with van der Waals surface area (Å²) in [5, 5.41) is 14.6. The zero-order chi connectivity index (χ0) is 18.1. The number of imidazole rings is 1. The largest absolute Gasteiger partial charge is 0.396 e. The van der Waals surface area contributed by atoms with Crippen molar-refractivity contribution in [1.29, 1.82) is 0 Å². The van der Waals surface area contributed by atoms with E-state index in [1.807, 2.05) is 41.9 Å². The monoisotopic (exact) mass is 371 g/mol. The molecule has 1 aliphatic heterocycles. The van der Waals surface area contributed by atoms with E-state index in [1.54, 1.807) is 0 Å². The van der Waals surface area contributed by atoms with Crippen LogP contribution in [0.4, 0.5) is 5.82 Å². The number of nitrogens with zero attached hydrogens (tertiary/aromatic N) is 5. The highest BCUT2D eigenvalue weighted by Gasteiger charge is 2.26. The van der Waals surface area contributed by atoms with Gasteiger partial charge in [-0.1, -0.05) is 23.7 Å². The Morgan fingerprint density at radius 3 is 2.77 bits per heavy atom. The van der Waals surface area contributed by atoms with Gasteiger partial charge in [-0.15, -0.1) is 0 Å². The van der Waals surface area contributed by atoms with E-state index in [0.29, 0.717) is 16.9 Å². The molecule has 4 rings (SSSR count). The second-order valence-corrected chi connectivity index (χ2v) is 7.18. The zero-order valence-corrected chi connectivity index (χ0v) is 15.5. The molecular weight excluding hydrogens is 350 g/mol. The van der Waals surface area contributed by atoms with Gasteiger partial charge in [-0.25, -0.2) is 14.5 Å². The second-order valence-electron chi connectivity index (χ2n) is 6.74. The molecule has 0 bridgehead atoms. The highest BCUT2D eigenvalue weighted by atomic mass is 35.5. The van der Waals surface area contributed by atoms with Crippen molar-refractivity contribution in [3.05, 3.63) is 41.3 Å². The van der Waals surface area contributed by atoms with Gasteiger partial charge in [0, 0.05) is 29.8 Å². The van der Waals surface area contributed by atoms with Crippen LogP contribution in [0.25, 0.3) is 16.9 Å². The van der Waals surface area contributed by atoms with Crippen LogP contribution in [-0.4, -0.2) is 43.9 Å². The number of piperidine rings is 1. The molecule has 136 valence electrons. The third-order valence-corrected chi connectivity index (χ3v) is 5.16. The molecule has 1 fully saturated rings. The van der Waals surface area contributed by atoms with Gasteiger partial charge in [0.2, 0.25) is 0 Å². The first-order valence-corrected chi connectivity index (χ1v) is 9.41. The number of hydrogen-bond acceptors (Lipinski definition) is 5. The van der Waals surface area contributed by atoms with Crippen molar-refractivity contribution in [3.8, 4) is 11.3 Å². The van der Waals surface area contributed by atoms with E-state index in [2.05, 4.69) is 10.00 Å². The smallest absolute Gasteiger partial charge is 0.197 e. The molecule has 2 aromatic heterocycles. The maximum atomic E-state index is 9.44.